The lowest BCUT2D eigenvalue weighted by Crippen LogP contribution is -1.99. The van der Waals surface area contributed by atoms with Gasteiger partial charge in [0.15, 0.2) is 0 Å². The number of halogens is 1. The van der Waals surface area contributed by atoms with E-state index >= 15 is 0 Å². The first-order valence-corrected chi connectivity index (χ1v) is 3.88. The summed E-state index contributed by atoms with van der Waals surface area (Å²) in [6.07, 6.45) is 0. The first-order chi connectivity index (χ1) is 2.73. The number of rotatable bonds is 0. The highest BCUT2D eigenvalue weighted by Crippen LogP contribution is 1.48. The molecule has 0 aliphatic heterocycles. The van der Waals surface area contributed by atoms with Crippen LogP contribution >= 0.6 is 22.6 Å². The van der Waals surface area contributed by atoms with Gasteiger partial charge in [-0.25, -0.2) is 0 Å². The van der Waals surface area contributed by atoms with Crippen molar-refractivity contribution in [2.75, 3.05) is 26.1 Å². The summed E-state index contributed by atoms with van der Waals surface area (Å²) >= 11 is 2.15. The third kappa shape index (κ3) is 134. The molecule has 0 radical (unpaired) electrons. The number of hydrogen-bond acceptors (Lipinski definition) is 1. The molecule has 0 aromatic rings. The molecular formula is C4H12IN. The molecule has 0 aromatic heterocycles. The van der Waals surface area contributed by atoms with Crippen molar-refractivity contribution < 1.29 is 0 Å². The Bertz CT molecular complexity index is 12.3. The molecule has 2 heteroatoms. The molecule has 0 heterocycles. The maximum atomic E-state index is 2.15. The van der Waals surface area contributed by atoms with Gasteiger partial charge in [-0.2, -0.15) is 0 Å². The van der Waals surface area contributed by atoms with Crippen LogP contribution in [0.25, 0.3) is 0 Å². The molecule has 0 amide bonds. The summed E-state index contributed by atoms with van der Waals surface area (Å²) in [7, 11) is 6.00. The van der Waals surface area contributed by atoms with E-state index in [1.165, 1.54) is 0 Å². The molecule has 6 heavy (non-hydrogen) atoms. The monoisotopic (exact) mass is 201 g/mol. The largest absolute Gasteiger partial charge is 0.312 e. The van der Waals surface area contributed by atoms with Gasteiger partial charge in [0.1, 0.15) is 0 Å². The van der Waals surface area contributed by atoms with Gasteiger partial charge in [-0.3, -0.25) is 0 Å². The topological polar surface area (TPSA) is 3.24 Å². The average Bonchev–Trinajstić information content (AvgIpc) is 1.41. The summed E-state index contributed by atoms with van der Waals surface area (Å²) in [5.41, 5.74) is 0. The second-order valence-corrected chi connectivity index (χ2v) is 1.34. The van der Waals surface area contributed by atoms with Crippen molar-refractivity contribution in [3.8, 4) is 0 Å². The van der Waals surface area contributed by atoms with E-state index in [0.29, 0.717) is 0 Å². The molecule has 0 fully saturated rings. The Morgan fingerprint density at radius 2 is 1.00 bits per heavy atom. The van der Waals surface area contributed by atoms with Crippen LogP contribution in [0.4, 0.5) is 0 Å². The Labute approximate surface area is 53.9 Å². The summed E-state index contributed by atoms with van der Waals surface area (Å²) < 4.78 is 0. The SMILES string of the molecule is CI.CN(C)C. The highest BCUT2D eigenvalue weighted by molar-refractivity contribution is 14.1. The fourth-order valence-electron chi connectivity index (χ4n) is 0. The molecule has 0 atom stereocenters. The maximum absolute atomic E-state index is 2.15. The summed E-state index contributed by atoms with van der Waals surface area (Å²) in [5.74, 6) is 0. The molecule has 0 aliphatic rings. The summed E-state index contributed by atoms with van der Waals surface area (Å²) in [6, 6.07) is 0. The van der Waals surface area contributed by atoms with Crippen molar-refractivity contribution >= 4 is 22.6 Å². The molecule has 0 spiro atoms. The fourth-order valence-corrected chi connectivity index (χ4v) is 0. The van der Waals surface area contributed by atoms with Crippen LogP contribution in [-0.4, -0.2) is 31.0 Å². The molecule has 0 unspecified atom stereocenters. The van der Waals surface area contributed by atoms with Crippen LogP contribution in [0, 0.1) is 0 Å². The third-order valence-electron chi connectivity index (χ3n) is 0. The molecule has 40 valence electrons. The van der Waals surface area contributed by atoms with Crippen molar-refractivity contribution in [2.24, 2.45) is 0 Å². The van der Waals surface area contributed by atoms with Gasteiger partial charge < -0.3 is 4.90 Å². The molecule has 1 nitrogen and oxygen atoms in total. The van der Waals surface area contributed by atoms with E-state index in [4.69, 9.17) is 0 Å². The van der Waals surface area contributed by atoms with Crippen LogP contribution < -0.4 is 0 Å². The summed E-state index contributed by atoms with van der Waals surface area (Å²) in [4.78, 5) is 3.97. The summed E-state index contributed by atoms with van der Waals surface area (Å²) in [6.45, 7) is 0. The zero-order valence-corrected chi connectivity index (χ0v) is 6.98. The van der Waals surface area contributed by atoms with E-state index in [1.807, 2.05) is 31.0 Å². The molecular weight excluding hydrogens is 189 g/mol. The normalized spacial score (nSPS) is 7.00. The maximum Gasteiger partial charge on any atom is -0.0121 e. The van der Waals surface area contributed by atoms with Crippen LogP contribution in [0.1, 0.15) is 0 Å². The number of hydrogen-bond donors (Lipinski definition) is 0. The van der Waals surface area contributed by atoms with E-state index in [9.17, 15) is 0 Å². The van der Waals surface area contributed by atoms with Gasteiger partial charge in [0, 0.05) is 0 Å². The Morgan fingerprint density at radius 1 is 1.00 bits per heavy atom. The number of nitrogens with zero attached hydrogens (tertiary/aromatic N) is 1. The Balaban J connectivity index is 0. The highest BCUT2D eigenvalue weighted by atomic mass is 127. The molecule has 0 saturated heterocycles. The van der Waals surface area contributed by atoms with Crippen LogP contribution in [0.15, 0.2) is 0 Å². The first kappa shape index (κ1) is 9.85. The van der Waals surface area contributed by atoms with Crippen LogP contribution in [0.2, 0.25) is 0 Å². The number of alkyl halides is 1. The van der Waals surface area contributed by atoms with E-state index in [-0.39, 0.29) is 0 Å². The standard InChI is InChI=1S/C3H9N.CH3I/c1-4(2)3;1-2/h1-3H3;1H3. The highest BCUT2D eigenvalue weighted by Gasteiger charge is 1.58. The minimum atomic E-state index is 1.97. The predicted molar refractivity (Wildman–Crippen MR) is 39.6 cm³/mol. The quantitative estimate of drug-likeness (QED) is 0.420. The minimum Gasteiger partial charge on any atom is -0.312 e. The van der Waals surface area contributed by atoms with Crippen molar-refractivity contribution in [1.82, 2.24) is 4.90 Å². The lowest BCUT2D eigenvalue weighted by atomic mass is 11.0. The van der Waals surface area contributed by atoms with Crippen LogP contribution in [0.5, 0.6) is 0 Å². The molecule has 0 aromatic carbocycles. The molecule has 0 saturated carbocycles. The van der Waals surface area contributed by atoms with Crippen molar-refractivity contribution in [3.05, 3.63) is 0 Å². The van der Waals surface area contributed by atoms with Crippen LogP contribution in [0.3, 0.4) is 0 Å². The van der Waals surface area contributed by atoms with Gasteiger partial charge in [-0.15, -0.1) is 0 Å². The first-order valence-electron chi connectivity index (χ1n) is 1.72. The summed E-state index contributed by atoms with van der Waals surface area (Å²) in [5, 5.41) is 0. The van der Waals surface area contributed by atoms with Crippen molar-refractivity contribution in [3.63, 3.8) is 0 Å². The molecule has 0 N–H and O–H groups in total. The lowest BCUT2D eigenvalue weighted by molar-refractivity contribution is 0.505. The van der Waals surface area contributed by atoms with Crippen molar-refractivity contribution in [1.29, 1.82) is 0 Å². The zero-order chi connectivity index (χ0) is 5.58. The Morgan fingerprint density at radius 3 is 1.00 bits per heavy atom. The minimum absolute atomic E-state index is 1.97. The molecule has 0 aliphatic carbocycles. The second kappa shape index (κ2) is 9.19. The van der Waals surface area contributed by atoms with Gasteiger partial charge in [0.2, 0.25) is 0 Å². The smallest absolute Gasteiger partial charge is 0.0121 e. The third-order valence-corrected chi connectivity index (χ3v) is 0. The van der Waals surface area contributed by atoms with Gasteiger partial charge in [0.25, 0.3) is 0 Å². The van der Waals surface area contributed by atoms with Gasteiger partial charge in [0.05, 0.1) is 0 Å². The van der Waals surface area contributed by atoms with Crippen molar-refractivity contribution in [2.45, 2.75) is 0 Å². The molecule has 0 bridgehead atoms. The van der Waals surface area contributed by atoms with Gasteiger partial charge >= 0.3 is 0 Å². The van der Waals surface area contributed by atoms with Gasteiger partial charge in [-0.1, -0.05) is 22.6 Å². The average molecular weight is 201 g/mol. The second-order valence-electron chi connectivity index (χ2n) is 1.34. The van der Waals surface area contributed by atoms with E-state index < -0.39 is 0 Å². The Hall–Kier alpha value is 0.690. The molecule has 0 rings (SSSR count). The fraction of sp³-hybridized carbons (Fsp3) is 1.00. The zero-order valence-electron chi connectivity index (χ0n) is 4.83. The van der Waals surface area contributed by atoms with E-state index in [1.54, 1.807) is 0 Å². The van der Waals surface area contributed by atoms with Crippen LogP contribution in [-0.2, 0) is 0 Å². The van der Waals surface area contributed by atoms with E-state index in [0.717, 1.165) is 0 Å². The van der Waals surface area contributed by atoms with E-state index in [2.05, 4.69) is 22.6 Å². The Kier molecular flexibility index (Phi) is 15.1. The lowest BCUT2D eigenvalue weighted by Gasteiger charge is -1.90. The van der Waals surface area contributed by atoms with Gasteiger partial charge in [-0.05, 0) is 26.1 Å². The predicted octanol–water partition coefficient (Wildman–Crippen LogP) is 1.23.